The molecule has 1 heterocycles. The van der Waals surface area contributed by atoms with Gasteiger partial charge in [-0.05, 0) is 56.2 Å². The molecule has 0 saturated heterocycles. The molecule has 2 aliphatic rings. The Hall–Kier alpha value is -3.23. The van der Waals surface area contributed by atoms with Gasteiger partial charge in [-0.25, -0.2) is 8.78 Å². The molecule has 1 N–H and O–H groups in total. The van der Waals surface area contributed by atoms with Gasteiger partial charge in [0.15, 0.2) is 0 Å². The third kappa shape index (κ3) is 5.40. The number of carbonyl (C=O) groups excluding carboxylic acids is 1. The fourth-order valence-electron chi connectivity index (χ4n) is 4.22. The summed E-state index contributed by atoms with van der Waals surface area (Å²) in [6.45, 7) is 5.84. The van der Waals surface area contributed by atoms with E-state index in [1.165, 1.54) is 0 Å². The van der Waals surface area contributed by atoms with E-state index >= 15 is 0 Å². The quantitative estimate of drug-likeness (QED) is 0.579. The van der Waals surface area contributed by atoms with Crippen LogP contribution in [0.25, 0.3) is 0 Å². The Labute approximate surface area is 191 Å². The number of rotatable bonds is 9. The van der Waals surface area contributed by atoms with Crippen LogP contribution < -0.4 is 5.32 Å². The molecule has 2 aliphatic carbocycles. The van der Waals surface area contributed by atoms with Crippen molar-refractivity contribution in [3.63, 3.8) is 0 Å². The fourth-order valence-corrected chi connectivity index (χ4v) is 4.22. The molecule has 0 radical (unpaired) electrons. The Morgan fingerprint density at radius 3 is 2.73 bits per heavy atom. The summed E-state index contributed by atoms with van der Waals surface area (Å²) in [6.07, 6.45) is 5.22. The van der Waals surface area contributed by atoms with E-state index in [2.05, 4.69) is 32.2 Å². The predicted octanol–water partition coefficient (Wildman–Crippen LogP) is 4.12. The maximum Gasteiger partial charge on any atom is 0.273 e. The Morgan fingerprint density at radius 1 is 1.36 bits per heavy atom. The Balaban J connectivity index is 1.56. The van der Waals surface area contributed by atoms with Crippen LogP contribution in [0, 0.1) is 5.92 Å². The van der Waals surface area contributed by atoms with Crippen LogP contribution in [0.4, 0.5) is 14.5 Å². The Morgan fingerprint density at radius 2 is 2.12 bits per heavy atom. The van der Waals surface area contributed by atoms with Crippen molar-refractivity contribution in [2.75, 3.05) is 11.9 Å². The first-order valence-corrected chi connectivity index (χ1v) is 11.0. The van der Waals surface area contributed by atoms with Crippen molar-refractivity contribution < 1.29 is 13.6 Å². The molecule has 2 fully saturated rings. The maximum atomic E-state index is 14.0. The largest absolute Gasteiger partial charge is 0.321 e. The third-order valence-corrected chi connectivity index (χ3v) is 6.27. The molecule has 0 unspecified atom stereocenters. The highest BCUT2D eigenvalue weighted by Crippen LogP contribution is 2.55. The van der Waals surface area contributed by atoms with Gasteiger partial charge in [-0.15, -0.1) is 10.2 Å². The van der Waals surface area contributed by atoms with Crippen LogP contribution in [0.5, 0.6) is 0 Å². The number of carbonyl (C=O) groups is 1. The lowest BCUT2D eigenvalue weighted by Crippen LogP contribution is -2.51. The van der Waals surface area contributed by atoms with E-state index in [4.69, 9.17) is 0 Å². The molecule has 0 bridgehead atoms. The minimum Gasteiger partial charge on any atom is -0.321 e. The average Bonchev–Trinajstić information content (AvgIpc) is 3.50. The number of aliphatic imine (C=N–C) groups is 2. The van der Waals surface area contributed by atoms with Crippen molar-refractivity contribution in [2.45, 2.75) is 50.4 Å². The van der Waals surface area contributed by atoms with Crippen LogP contribution in [0.2, 0.25) is 0 Å². The summed E-state index contributed by atoms with van der Waals surface area (Å²) in [4.78, 5) is 21.3. The lowest BCUT2D eigenvalue weighted by Gasteiger charge is -2.47. The molecule has 0 spiro atoms. The SMILES string of the molecule is C=N/C(C)=C\C(=NCC1CC1)C(=O)Nc1cccc(C2(Cc3nncn3C)CC(F)(F)C2)c1. The molecule has 174 valence electrons. The van der Waals surface area contributed by atoms with Crippen LogP contribution >= 0.6 is 0 Å². The molecule has 2 saturated carbocycles. The summed E-state index contributed by atoms with van der Waals surface area (Å²) in [5.74, 6) is -1.91. The van der Waals surface area contributed by atoms with Gasteiger partial charge in [0.1, 0.15) is 17.9 Å². The van der Waals surface area contributed by atoms with E-state index in [-0.39, 0.29) is 24.5 Å². The highest BCUT2D eigenvalue weighted by Gasteiger charge is 2.57. The zero-order chi connectivity index (χ0) is 23.6. The second kappa shape index (κ2) is 8.96. The first kappa shape index (κ1) is 22.9. The van der Waals surface area contributed by atoms with E-state index in [0.29, 0.717) is 36.1 Å². The van der Waals surface area contributed by atoms with E-state index < -0.39 is 11.3 Å². The van der Waals surface area contributed by atoms with E-state index in [0.717, 1.165) is 18.4 Å². The molecule has 7 nitrogen and oxygen atoms in total. The second-order valence-electron chi connectivity index (χ2n) is 9.17. The number of benzene rings is 1. The van der Waals surface area contributed by atoms with Crippen molar-refractivity contribution in [1.29, 1.82) is 0 Å². The topological polar surface area (TPSA) is 84.5 Å². The van der Waals surface area contributed by atoms with E-state index in [9.17, 15) is 13.6 Å². The summed E-state index contributed by atoms with van der Waals surface area (Å²) < 4.78 is 29.8. The fraction of sp³-hybridized carbons (Fsp3) is 0.458. The van der Waals surface area contributed by atoms with E-state index in [1.54, 1.807) is 49.1 Å². The predicted molar refractivity (Wildman–Crippen MR) is 124 cm³/mol. The highest BCUT2D eigenvalue weighted by atomic mass is 19.3. The number of hydrogen-bond donors (Lipinski definition) is 1. The van der Waals surface area contributed by atoms with Crippen LogP contribution in [0.15, 0.2) is 52.4 Å². The van der Waals surface area contributed by atoms with E-state index in [1.807, 2.05) is 6.07 Å². The molecule has 1 aromatic heterocycles. The lowest BCUT2D eigenvalue weighted by atomic mass is 9.60. The van der Waals surface area contributed by atoms with Gasteiger partial charge in [-0.3, -0.25) is 14.8 Å². The molecular formula is C24H28F2N6O. The van der Waals surface area contributed by atoms with Crippen molar-refractivity contribution in [2.24, 2.45) is 23.0 Å². The molecule has 0 aliphatic heterocycles. The smallest absolute Gasteiger partial charge is 0.273 e. The standard InChI is InChI=1S/C24H28F2N6O/c1-16(27-2)9-20(28-12-17-7-8-17)22(33)30-19-6-4-5-18(10-19)23(13-24(25,26)14-23)11-21-31-29-15-32(21)3/h4-6,9-10,15,17H,2,7-8,11-14H2,1,3H3,(H,30,33)/b16-9-,28-20?. The summed E-state index contributed by atoms with van der Waals surface area (Å²) in [5, 5.41) is 10.8. The molecular weight excluding hydrogens is 426 g/mol. The first-order valence-electron chi connectivity index (χ1n) is 11.0. The van der Waals surface area contributed by atoms with Gasteiger partial charge >= 0.3 is 0 Å². The Kier molecular flexibility index (Phi) is 6.23. The minimum atomic E-state index is -2.72. The number of allylic oxidation sites excluding steroid dienone is 1. The third-order valence-electron chi connectivity index (χ3n) is 6.27. The van der Waals surface area contributed by atoms with Gasteiger partial charge in [0.05, 0.1) is 0 Å². The molecule has 9 heteroatoms. The molecule has 1 amide bonds. The van der Waals surface area contributed by atoms with Gasteiger partial charge < -0.3 is 9.88 Å². The van der Waals surface area contributed by atoms with Crippen molar-refractivity contribution in [3.05, 3.63) is 53.8 Å². The van der Waals surface area contributed by atoms with Crippen molar-refractivity contribution in [1.82, 2.24) is 14.8 Å². The summed E-state index contributed by atoms with van der Waals surface area (Å²) in [7, 11) is 1.80. The number of aryl methyl sites for hydroxylation is 1. The van der Waals surface area contributed by atoms with Gasteiger partial charge in [0, 0.05) is 49.7 Å². The van der Waals surface area contributed by atoms with Crippen LogP contribution in [0.3, 0.4) is 0 Å². The number of nitrogens with one attached hydrogen (secondary N) is 1. The van der Waals surface area contributed by atoms with Crippen LogP contribution in [0.1, 0.15) is 44.0 Å². The van der Waals surface area contributed by atoms with Gasteiger partial charge in [0.2, 0.25) is 5.92 Å². The Bertz CT molecular complexity index is 1110. The van der Waals surface area contributed by atoms with Gasteiger partial charge in [-0.1, -0.05) is 12.1 Å². The molecule has 33 heavy (non-hydrogen) atoms. The molecule has 1 aromatic carbocycles. The molecule has 2 aromatic rings. The van der Waals surface area contributed by atoms with Gasteiger partial charge in [0.25, 0.3) is 5.91 Å². The zero-order valence-corrected chi connectivity index (χ0v) is 18.9. The summed E-state index contributed by atoms with van der Waals surface area (Å²) in [6, 6.07) is 7.11. The number of anilines is 1. The molecule has 4 rings (SSSR count). The average molecular weight is 455 g/mol. The lowest BCUT2D eigenvalue weighted by molar-refractivity contribution is -0.127. The number of hydrogen-bond acceptors (Lipinski definition) is 5. The first-order chi connectivity index (χ1) is 15.7. The van der Waals surface area contributed by atoms with Crippen molar-refractivity contribution >= 4 is 24.0 Å². The number of alkyl halides is 2. The van der Waals surface area contributed by atoms with Crippen LogP contribution in [-0.2, 0) is 23.7 Å². The number of nitrogens with zero attached hydrogens (tertiary/aromatic N) is 5. The number of amides is 1. The minimum absolute atomic E-state index is 0.273. The summed E-state index contributed by atoms with van der Waals surface area (Å²) in [5.41, 5.74) is 1.37. The monoisotopic (exact) mass is 454 g/mol. The molecule has 0 atom stereocenters. The zero-order valence-electron chi connectivity index (χ0n) is 18.9. The normalized spacial score (nSPS) is 19.6. The second-order valence-corrected chi connectivity index (χ2v) is 9.17. The summed E-state index contributed by atoms with van der Waals surface area (Å²) >= 11 is 0. The number of halogens is 2. The van der Waals surface area contributed by atoms with Gasteiger partial charge in [-0.2, -0.15) is 0 Å². The number of aromatic nitrogens is 3. The van der Waals surface area contributed by atoms with Crippen molar-refractivity contribution in [3.8, 4) is 0 Å². The maximum absolute atomic E-state index is 14.0. The highest BCUT2D eigenvalue weighted by molar-refractivity contribution is 6.47. The van der Waals surface area contributed by atoms with Crippen LogP contribution in [-0.4, -0.2) is 45.6 Å².